The Labute approximate surface area is 137 Å². The molecule has 0 bridgehead atoms. The van der Waals surface area contributed by atoms with Gasteiger partial charge in [0, 0.05) is 37.1 Å². The lowest BCUT2D eigenvalue weighted by Crippen LogP contribution is -2.36. The summed E-state index contributed by atoms with van der Waals surface area (Å²) in [5.74, 6) is 2.22. The summed E-state index contributed by atoms with van der Waals surface area (Å²) in [6, 6.07) is 12.6. The number of aliphatic hydroxyl groups is 1. The van der Waals surface area contributed by atoms with Crippen molar-refractivity contribution in [3.05, 3.63) is 42.1 Å². The third-order valence-corrected chi connectivity index (χ3v) is 4.41. The number of benzene rings is 1. The maximum absolute atomic E-state index is 8.97. The van der Waals surface area contributed by atoms with Crippen LogP contribution in [0.3, 0.4) is 0 Å². The molecule has 1 aromatic heterocycles. The fourth-order valence-corrected chi connectivity index (χ4v) is 3.02. The molecular formula is C18H24N4O. The Bertz CT molecular complexity index is 641. The quantitative estimate of drug-likeness (QED) is 0.858. The van der Waals surface area contributed by atoms with E-state index in [4.69, 9.17) is 5.11 Å². The van der Waals surface area contributed by atoms with Crippen molar-refractivity contribution in [2.24, 2.45) is 5.92 Å². The van der Waals surface area contributed by atoms with Gasteiger partial charge in [0.25, 0.3) is 0 Å². The number of rotatable bonds is 6. The van der Waals surface area contributed by atoms with Crippen LogP contribution < -0.4 is 10.2 Å². The predicted octanol–water partition coefficient (Wildman–Crippen LogP) is 3.13. The summed E-state index contributed by atoms with van der Waals surface area (Å²) in [7, 11) is 1.98. The molecule has 3 rings (SSSR count). The van der Waals surface area contributed by atoms with Crippen molar-refractivity contribution < 1.29 is 5.11 Å². The van der Waals surface area contributed by atoms with Gasteiger partial charge in [0.2, 0.25) is 5.95 Å². The van der Waals surface area contributed by atoms with Gasteiger partial charge >= 0.3 is 0 Å². The van der Waals surface area contributed by atoms with Gasteiger partial charge in [-0.25, -0.2) is 4.98 Å². The van der Waals surface area contributed by atoms with E-state index in [9.17, 15) is 0 Å². The molecule has 122 valence electrons. The van der Waals surface area contributed by atoms with Crippen LogP contribution in [0.25, 0.3) is 0 Å². The van der Waals surface area contributed by atoms with E-state index < -0.39 is 0 Å². The fraction of sp³-hybridized carbons (Fsp3) is 0.444. The molecule has 1 aliphatic rings. The molecule has 0 amide bonds. The fourth-order valence-electron chi connectivity index (χ4n) is 3.02. The summed E-state index contributed by atoms with van der Waals surface area (Å²) >= 11 is 0. The molecule has 1 saturated carbocycles. The zero-order valence-corrected chi connectivity index (χ0v) is 13.7. The van der Waals surface area contributed by atoms with Crippen molar-refractivity contribution >= 4 is 17.5 Å². The van der Waals surface area contributed by atoms with Gasteiger partial charge in [-0.1, -0.05) is 18.2 Å². The number of aliphatic hydroxyl groups excluding tert-OH is 1. The van der Waals surface area contributed by atoms with Crippen LogP contribution in [0.5, 0.6) is 0 Å². The molecule has 0 aliphatic heterocycles. The minimum Gasteiger partial charge on any atom is -0.396 e. The molecule has 0 radical (unpaired) electrons. The topological polar surface area (TPSA) is 61.3 Å². The second kappa shape index (κ2) is 6.96. The Morgan fingerprint density at radius 1 is 1.22 bits per heavy atom. The first kappa shape index (κ1) is 15.7. The molecular weight excluding hydrogens is 288 g/mol. The molecule has 2 N–H and O–H groups in total. The summed E-state index contributed by atoms with van der Waals surface area (Å²) in [5, 5.41) is 12.5. The normalized spacial score (nSPS) is 20.0. The molecule has 1 fully saturated rings. The summed E-state index contributed by atoms with van der Waals surface area (Å²) in [5.41, 5.74) is 2.02. The number of hydrogen-bond acceptors (Lipinski definition) is 5. The van der Waals surface area contributed by atoms with Crippen LogP contribution in [0.4, 0.5) is 17.5 Å². The highest BCUT2D eigenvalue weighted by Crippen LogP contribution is 2.32. The minimum atomic E-state index is 0.288. The van der Waals surface area contributed by atoms with Gasteiger partial charge in [0.05, 0.1) is 0 Å². The van der Waals surface area contributed by atoms with E-state index in [-0.39, 0.29) is 6.61 Å². The Morgan fingerprint density at radius 2 is 1.96 bits per heavy atom. The second-order valence-electron chi connectivity index (χ2n) is 6.28. The summed E-state index contributed by atoms with van der Waals surface area (Å²) in [6.07, 6.45) is 3.11. The zero-order chi connectivity index (χ0) is 16.2. The van der Waals surface area contributed by atoms with Crippen LogP contribution in [-0.4, -0.2) is 34.8 Å². The van der Waals surface area contributed by atoms with Crippen LogP contribution in [0.15, 0.2) is 36.4 Å². The van der Waals surface area contributed by atoms with Crippen molar-refractivity contribution in [2.75, 3.05) is 23.9 Å². The molecule has 2 aromatic rings. The number of aryl methyl sites for hydroxylation is 1. The number of hydrogen-bond donors (Lipinski definition) is 2. The first-order chi connectivity index (χ1) is 11.2. The summed E-state index contributed by atoms with van der Waals surface area (Å²) in [6.45, 7) is 2.28. The molecule has 1 aromatic carbocycles. The van der Waals surface area contributed by atoms with Crippen LogP contribution in [0, 0.1) is 12.8 Å². The first-order valence-electron chi connectivity index (χ1n) is 8.17. The molecule has 0 unspecified atom stereocenters. The zero-order valence-electron chi connectivity index (χ0n) is 13.7. The van der Waals surface area contributed by atoms with Gasteiger partial charge < -0.3 is 15.3 Å². The molecule has 0 spiro atoms. The Kier molecular flexibility index (Phi) is 4.76. The number of nitrogens with zero attached hydrogens (tertiary/aromatic N) is 3. The largest absolute Gasteiger partial charge is 0.396 e. The van der Waals surface area contributed by atoms with Crippen LogP contribution >= 0.6 is 0 Å². The third-order valence-electron chi connectivity index (χ3n) is 4.41. The molecule has 1 heterocycles. The monoisotopic (exact) mass is 312 g/mol. The molecule has 1 aliphatic carbocycles. The van der Waals surface area contributed by atoms with Gasteiger partial charge in [-0.05, 0) is 44.2 Å². The van der Waals surface area contributed by atoms with Crippen molar-refractivity contribution in [1.82, 2.24) is 9.97 Å². The van der Waals surface area contributed by atoms with E-state index >= 15 is 0 Å². The Morgan fingerprint density at radius 3 is 2.65 bits per heavy atom. The van der Waals surface area contributed by atoms with Crippen molar-refractivity contribution in [3.63, 3.8) is 0 Å². The van der Waals surface area contributed by atoms with Crippen molar-refractivity contribution in [2.45, 2.75) is 32.2 Å². The average Bonchev–Trinajstić information content (AvgIpc) is 2.52. The van der Waals surface area contributed by atoms with Gasteiger partial charge in [-0.2, -0.15) is 4.98 Å². The molecule has 5 nitrogen and oxygen atoms in total. The summed E-state index contributed by atoms with van der Waals surface area (Å²) < 4.78 is 0. The lowest BCUT2D eigenvalue weighted by Gasteiger charge is -2.36. The minimum absolute atomic E-state index is 0.288. The van der Waals surface area contributed by atoms with Crippen LogP contribution in [-0.2, 0) is 0 Å². The lowest BCUT2D eigenvalue weighted by molar-refractivity contribution is 0.195. The van der Waals surface area contributed by atoms with Crippen LogP contribution in [0.2, 0.25) is 0 Å². The van der Waals surface area contributed by atoms with E-state index in [0.29, 0.717) is 17.9 Å². The highest BCUT2D eigenvalue weighted by Gasteiger charge is 2.28. The third kappa shape index (κ3) is 3.79. The molecule has 5 heteroatoms. The van der Waals surface area contributed by atoms with Gasteiger partial charge in [0.15, 0.2) is 0 Å². The first-order valence-corrected chi connectivity index (χ1v) is 8.17. The highest BCUT2D eigenvalue weighted by molar-refractivity contribution is 5.57. The van der Waals surface area contributed by atoms with Crippen LogP contribution in [0.1, 0.15) is 25.0 Å². The Hall–Kier alpha value is -2.14. The maximum Gasteiger partial charge on any atom is 0.231 e. The van der Waals surface area contributed by atoms with E-state index in [0.717, 1.165) is 36.5 Å². The highest BCUT2D eigenvalue weighted by atomic mass is 16.3. The predicted molar refractivity (Wildman–Crippen MR) is 93.1 cm³/mol. The number of aromatic nitrogens is 2. The van der Waals surface area contributed by atoms with Gasteiger partial charge in [-0.3, -0.25) is 0 Å². The lowest BCUT2D eigenvalue weighted by atomic mass is 9.78. The maximum atomic E-state index is 8.97. The second-order valence-corrected chi connectivity index (χ2v) is 6.28. The van der Waals surface area contributed by atoms with E-state index in [2.05, 4.69) is 15.3 Å². The van der Waals surface area contributed by atoms with E-state index in [1.165, 1.54) is 0 Å². The molecule has 0 saturated heterocycles. The van der Waals surface area contributed by atoms with Crippen molar-refractivity contribution in [3.8, 4) is 0 Å². The van der Waals surface area contributed by atoms with Crippen molar-refractivity contribution in [1.29, 1.82) is 0 Å². The Balaban J connectivity index is 1.70. The molecule has 23 heavy (non-hydrogen) atoms. The standard InChI is InChI=1S/C18H24N4O/c1-13-10-17(20-15-11-14(12-15)8-9-23)21-18(19-13)22(2)16-6-4-3-5-7-16/h3-7,10,14-15,23H,8-9,11-12H2,1-2H3,(H,19,20,21). The average molecular weight is 312 g/mol. The van der Waals surface area contributed by atoms with E-state index in [1.54, 1.807) is 0 Å². The number of nitrogens with one attached hydrogen (secondary N) is 1. The van der Waals surface area contributed by atoms with Gasteiger partial charge in [-0.15, -0.1) is 0 Å². The van der Waals surface area contributed by atoms with Gasteiger partial charge in [0.1, 0.15) is 5.82 Å². The number of para-hydroxylation sites is 1. The number of anilines is 3. The SMILES string of the molecule is Cc1cc(NC2CC(CCO)C2)nc(N(C)c2ccccc2)n1. The smallest absolute Gasteiger partial charge is 0.231 e. The summed E-state index contributed by atoms with van der Waals surface area (Å²) in [4.78, 5) is 11.2. The molecule has 0 atom stereocenters. The van der Waals surface area contributed by atoms with E-state index in [1.807, 2.05) is 55.3 Å².